The minimum absolute atomic E-state index is 0.780. The molecule has 102 valence electrons. The first kappa shape index (κ1) is 15.2. The van der Waals surface area contributed by atoms with Gasteiger partial charge in [-0.25, -0.2) is 0 Å². The largest absolute Gasteiger partial charge is 0.316 e. The maximum Gasteiger partial charge on any atom is -0.00173 e. The number of hydrogen-bond acceptors (Lipinski definition) is 1. The number of benzene rings is 1. The van der Waals surface area contributed by atoms with Gasteiger partial charge in [0, 0.05) is 0 Å². The van der Waals surface area contributed by atoms with Gasteiger partial charge in [0.1, 0.15) is 0 Å². The molecule has 0 radical (unpaired) electrons. The SMILES string of the molecule is CCCNCC(CCC)Cc1cc(C)ccc1C. The molecule has 0 bridgehead atoms. The Balaban J connectivity index is 2.60. The lowest BCUT2D eigenvalue weighted by atomic mass is 9.91. The third kappa shape index (κ3) is 5.22. The molecule has 0 spiro atoms. The van der Waals surface area contributed by atoms with Gasteiger partial charge in [-0.3, -0.25) is 0 Å². The molecule has 18 heavy (non-hydrogen) atoms. The Labute approximate surface area is 113 Å². The summed E-state index contributed by atoms with van der Waals surface area (Å²) in [4.78, 5) is 0. The Morgan fingerprint density at radius 1 is 1.11 bits per heavy atom. The molecule has 1 heteroatoms. The Morgan fingerprint density at radius 2 is 1.89 bits per heavy atom. The van der Waals surface area contributed by atoms with Crippen LogP contribution in [0.25, 0.3) is 0 Å². The van der Waals surface area contributed by atoms with E-state index in [1.807, 2.05) is 0 Å². The summed E-state index contributed by atoms with van der Waals surface area (Å²) in [6.07, 6.45) is 5.05. The monoisotopic (exact) mass is 247 g/mol. The molecular weight excluding hydrogens is 218 g/mol. The minimum Gasteiger partial charge on any atom is -0.316 e. The summed E-state index contributed by atoms with van der Waals surface area (Å²) >= 11 is 0. The summed E-state index contributed by atoms with van der Waals surface area (Å²) in [5, 5.41) is 3.57. The molecule has 0 fully saturated rings. The van der Waals surface area contributed by atoms with Gasteiger partial charge < -0.3 is 5.32 Å². The zero-order valence-electron chi connectivity index (χ0n) is 12.6. The molecule has 1 nitrogen and oxygen atoms in total. The van der Waals surface area contributed by atoms with Crippen molar-refractivity contribution < 1.29 is 0 Å². The molecule has 0 saturated carbocycles. The lowest BCUT2D eigenvalue weighted by molar-refractivity contribution is 0.438. The van der Waals surface area contributed by atoms with Crippen LogP contribution in [0.2, 0.25) is 0 Å². The molecule has 0 heterocycles. The van der Waals surface area contributed by atoms with Crippen LogP contribution in [0.3, 0.4) is 0 Å². The summed E-state index contributed by atoms with van der Waals surface area (Å²) in [5.41, 5.74) is 4.36. The van der Waals surface area contributed by atoms with Gasteiger partial charge in [-0.1, -0.05) is 44.0 Å². The van der Waals surface area contributed by atoms with E-state index in [-0.39, 0.29) is 0 Å². The van der Waals surface area contributed by atoms with Crippen LogP contribution < -0.4 is 5.32 Å². The maximum absolute atomic E-state index is 3.57. The van der Waals surface area contributed by atoms with Crippen LogP contribution in [0.15, 0.2) is 18.2 Å². The topological polar surface area (TPSA) is 12.0 Å². The van der Waals surface area contributed by atoms with Crippen LogP contribution in [-0.2, 0) is 6.42 Å². The number of aryl methyl sites for hydroxylation is 2. The van der Waals surface area contributed by atoms with Crippen molar-refractivity contribution >= 4 is 0 Å². The van der Waals surface area contributed by atoms with Crippen LogP contribution in [-0.4, -0.2) is 13.1 Å². The van der Waals surface area contributed by atoms with Crippen molar-refractivity contribution in [1.29, 1.82) is 0 Å². The highest BCUT2D eigenvalue weighted by Gasteiger charge is 2.10. The zero-order chi connectivity index (χ0) is 13.4. The third-order valence-corrected chi connectivity index (χ3v) is 3.57. The smallest absolute Gasteiger partial charge is 0.00173 e. The van der Waals surface area contributed by atoms with Crippen molar-refractivity contribution in [3.63, 3.8) is 0 Å². The molecule has 0 amide bonds. The molecule has 0 saturated heterocycles. The van der Waals surface area contributed by atoms with Gasteiger partial charge in [-0.2, -0.15) is 0 Å². The van der Waals surface area contributed by atoms with Crippen molar-refractivity contribution in [3.8, 4) is 0 Å². The number of hydrogen-bond donors (Lipinski definition) is 1. The molecule has 1 atom stereocenters. The predicted octanol–water partition coefficient (Wildman–Crippen LogP) is 4.26. The average Bonchev–Trinajstić information content (AvgIpc) is 2.34. The highest BCUT2D eigenvalue weighted by Crippen LogP contribution is 2.18. The van der Waals surface area contributed by atoms with E-state index in [9.17, 15) is 0 Å². The Bertz CT molecular complexity index is 343. The Hall–Kier alpha value is -0.820. The van der Waals surface area contributed by atoms with Crippen LogP contribution in [0.5, 0.6) is 0 Å². The van der Waals surface area contributed by atoms with E-state index < -0.39 is 0 Å². The average molecular weight is 247 g/mol. The van der Waals surface area contributed by atoms with Gasteiger partial charge in [0.05, 0.1) is 0 Å². The second kappa shape index (κ2) is 8.31. The number of rotatable bonds is 8. The molecule has 0 aliphatic carbocycles. The number of nitrogens with one attached hydrogen (secondary N) is 1. The second-order valence-electron chi connectivity index (χ2n) is 5.49. The summed E-state index contributed by atoms with van der Waals surface area (Å²) in [6, 6.07) is 6.83. The van der Waals surface area contributed by atoms with Gasteiger partial charge in [-0.05, 0) is 63.2 Å². The standard InChI is InChI=1S/C17H29N/c1-5-7-16(13-18-10-6-2)12-17-11-14(3)8-9-15(17)4/h8-9,11,16,18H,5-7,10,12-13H2,1-4H3. The molecular formula is C17H29N. The van der Waals surface area contributed by atoms with E-state index in [4.69, 9.17) is 0 Å². The molecule has 0 aliphatic rings. The lowest BCUT2D eigenvalue weighted by Gasteiger charge is -2.18. The fraction of sp³-hybridized carbons (Fsp3) is 0.647. The maximum atomic E-state index is 3.57. The van der Waals surface area contributed by atoms with E-state index in [0.29, 0.717) is 0 Å². The van der Waals surface area contributed by atoms with Gasteiger partial charge in [0.25, 0.3) is 0 Å². The third-order valence-electron chi connectivity index (χ3n) is 3.57. The Kier molecular flexibility index (Phi) is 7.04. The van der Waals surface area contributed by atoms with E-state index in [1.165, 1.54) is 42.4 Å². The van der Waals surface area contributed by atoms with Crippen molar-refractivity contribution in [2.24, 2.45) is 5.92 Å². The van der Waals surface area contributed by atoms with Gasteiger partial charge >= 0.3 is 0 Å². The fourth-order valence-corrected chi connectivity index (χ4v) is 2.50. The lowest BCUT2D eigenvalue weighted by Crippen LogP contribution is -2.25. The minimum atomic E-state index is 0.780. The first-order chi connectivity index (χ1) is 8.67. The van der Waals surface area contributed by atoms with E-state index in [2.05, 4.69) is 51.2 Å². The fourth-order valence-electron chi connectivity index (χ4n) is 2.50. The summed E-state index contributed by atoms with van der Waals surface area (Å²) < 4.78 is 0. The Morgan fingerprint density at radius 3 is 2.56 bits per heavy atom. The highest BCUT2D eigenvalue weighted by atomic mass is 14.8. The van der Waals surface area contributed by atoms with E-state index >= 15 is 0 Å². The normalized spacial score (nSPS) is 12.7. The van der Waals surface area contributed by atoms with Crippen LogP contribution in [0.1, 0.15) is 49.8 Å². The quantitative estimate of drug-likeness (QED) is 0.677. The van der Waals surface area contributed by atoms with Crippen molar-refractivity contribution in [2.75, 3.05) is 13.1 Å². The summed E-state index contributed by atoms with van der Waals surface area (Å²) in [5.74, 6) is 0.780. The second-order valence-corrected chi connectivity index (χ2v) is 5.49. The predicted molar refractivity (Wildman–Crippen MR) is 81.2 cm³/mol. The zero-order valence-corrected chi connectivity index (χ0v) is 12.6. The first-order valence-corrected chi connectivity index (χ1v) is 7.44. The van der Waals surface area contributed by atoms with Gasteiger partial charge in [0.2, 0.25) is 0 Å². The van der Waals surface area contributed by atoms with E-state index in [0.717, 1.165) is 19.0 Å². The first-order valence-electron chi connectivity index (χ1n) is 7.44. The van der Waals surface area contributed by atoms with E-state index in [1.54, 1.807) is 0 Å². The molecule has 1 aromatic carbocycles. The molecule has 1 unspecified atom stereocenters. The molecule has 1 aromatic rings. The van der Waals surface area contributed by atoms with Gasteiger partial charge in [-0.15, -0.1) is 0 Å². The van der Waals surface area contributed by atoms with Crippen molar-refractivity contribution in [2.45, 2.75) is 53.4 Å². The highest BCUT2D eigenvalue weighted by molar-refractivity contribution is 5.30. The van der Waals surface area contributed by atoms with Crippen LogP contribution in [0, 0.1) is 19.8 Å². The van der Waals surface area contributed by atoms with Crippen LogP contribution >= 0.6 is 0 Å². The van der Waals surface area contributed by atoms with Crippen molar-refractivity contribution in [3.05, 3.63) is 34.9 Å². The molecule has 0 aliphatic heterocycles. The molecule has 1 rings (SSSR count). The van der Waals surface area contributed by atoms with Crippen LogP contribution in [0.4, 0.5) is 0 Å². The molecule has 1 N–H and O–H groups in total. The van der Waals surface area contributed by atoms with Crippen molar-refractivity contribution in [1.82, 2.24) is 5.32 Å². The molecule has 0 aromatic heterocycles. The summed E-state index contributed by atoms with van der Waals surface area (Å²) in [7, 11) is 0. The van der Waals surface area contributed by atoms with Gasteiger partial charge in [0.15, 0.2) is 0 Å². The summed E-state index contributed by atoms with van der Waals surface area (Å²) in [6.45, 7) is 11.2.